The van der Waals surface area contributed by atoms with Gasteiger partial charge < -0.3 is 10.1 Å². The molecular formula is C27H31N3O6S. The van der Waals surface area contributed by atoms with Gasteiger partial charge in [0, 0.05) is 11.6 Å². The number of hydrogen-bond donors (Lipinski definition) is 1. The molecule has 0 fully saturated rings. The van der Waals surface area contributed by atoms with Crippen LogP contribution in [0.2, 0.25) is 0 Å². The molecule has 0 saturated carbocycles. The number of amides is 1. The molecule has 1 amide bonds. The van der Waals surface area contributed by atoms with Crippen molar-refractivity contribution in [2.45, 2.75) is 38.1 Å². The Balaban J connectivity index is 1.99. The number of nitrogens with zero attached hydrogens (tertiary/aromatic N) is 2. The fourth-order valence-electron chi connectivity index (χ4n) is 3.94. The molecule has 3 aromatic carbocycles. The van der Waals surface area contributed by atoms with Gasteiger partial charge in [-0.1, -0.05) is 50.2 Å². The lowest BCUT2D eigenvalue weighted by Gasteiger charge is -2.26. The minimum absolute atomic E-state index is 0.222. The van der Waals surface area contributed by atoms with Gasteiger partial charge in [0.1, 0.15) is 12.3 Å². The van der Waals surface area contributed by atoms with Crippen molar-refractivity contribution in [3.05, 3.63) is 94.0 Å². The van der Waals surface area contributed by atoms with Crippen LogP contribution in [0.15, 0.2) is 77.7 Å². The highest BCUT2D eigenvalue weighted by Crippen LogP contribution is 2.29. The first-order valence-electron chi connectivity index (χ1n) is 11.8. The van der Waals surface area contributed by atoms with Gasteiger partial charge in [0.15, 0.2) is 0 Å². The molecule has 196 valence electrons. The van der Waals surface area contributed by atoms with Gasteiger partial charge in [-0.25, -0.2) is 8.42 Å². The molecule has 9 nitrogen and oxygen atoms in total. The molecule has 1 unspecified atom stereocenters. The van der Waals surface area contributed by atoms with E-state index in [9.17, 15) is 23.3 Å². The van der Waals surface area contributed by atoms with Crippen LogP contribution in [0, 0.1) is 23.0 Å². The molecule has 0 spiro atoms. The average molecular weight is 526 g/mol. The highest BCUT2D eigenvalue weighted by molar-refractivity contribution is 7.92. The molecule has 1 N–H and O–H groups in total. The summed E-state index contributed by atoms with van der Waals surface area (Å²) in [4.78, 5) is 23.8. The number of anilines is 1. The fourth-order valence-corrected chi connectivity index (χ4v) is 5.38. The summed E-state index contributed by atoms with van der Waals surface area (Å²) in [6, 6.07) is 19.1. The Morgan fingerprint density at radius 3 is 2.27 bits per heavy atom. The molecule has 3 rings (SSSR count). The van der Waals surface area contributed by atoms with Gasteiger partial charge in [0.25, 0.3) is 15.7 Å². The molecule has 0 aromatic heterocycles. The third-order valence-electron chi connectivity index (χ3n) is 5.86. The minimum Gasteiger partial charge on any atom is -0.497 e. The summed E-state index contributed by atoms with van der Waals surface area (Å²) in [5.74, 6) is 0.285. The van der Waals surface area contributed by atoms with Crippen molar-refractivity contribution >= 4 is 27.3 Å². The summed E-state index contributed by atoms with van der Waals surface area (Å²) in [6.45, 7) is 5.10. The molecule has 0 aliphatic rings. The van der Waals surface area contributed by atoms with E-state index in [1.165, 1.54) is 38.3 Å². The van der Waals surface area contributed by atoms with Crippen LogP contribution in [-0.2, 0) is 14.8 Å². The predicted molar refractivity (Wildman–Crippen MR) is 142 cm³/mol. The lowest BCUT2D eigenvalue weighted by Crippen LogP contribution is -2.42. The molecule has 3 aromatic rings. The van der Waals surface area contributed by atoms with Crippen LogP contribution in [0.1, 0.15) is 37.4 Å². The lowest BCUT2D eigenvalue weighted by atomic mass is 9.97. The number of nitro groups is 1. The smallest absolute Gasteiger partial charge is 0.273 e. The van der Waals surface area contributed by atoms with E-state index >= 15 is 0 Å². The second kappa shape index (κ2) is 11.9. The van der Waals surface area contributed by atoms with Gasteiger partial charge in [-0.3, -0.25) is 19.2 Å². The molecule has 0 saturated heterocycles. The molecule has 10 heteroatoms. The molecule has 0 bridgehead atoms. The molecule has 0 radical (unpaired) electrons. The van der Waals surface area contributed by atoms with Crippen molar-refractivity contribution in [1.29, 1.82) is 0 Å². The topological polar surface area (TPSA) is 119 Å². The van der Waals surface area contributed by atoms with Gasteiger partial charge >= 0.3 is 0 Å². The molecule has 0 aliphatic carbocycles. The van der Waals surface area contributed by atoms with Gasteiger partial charge in [-0.15, -0.1) is 0 Å². The van der Waals surface area contributed by atoms with E-state index in [1.54, 1.807) is 12.1 Å². The highest BCUT2D eigenvalue weighted by atomic mass is 32.2. The second-order valence-corrected chi connectivity index (χ2v) is 10.9. The fraction of sp³-hybridized carbons (Fsp3) is 0.296. The van der Waals surface area contributed by atoms with Gasteiger partial charge in [0.2, 0.25) is 5.91 Å². The van der Waals surface area contributed by atoms with Crippen molar-refractivity contribution in [3.63, 3.8) is 0 Å². The maximum absolute atomic E-state index is 13.7. The molecule has 0 heterocycles. The summed E-state index contributed by atoms with van der Waals surface area (Å²) in [6.07, 6.45) is 0.662. The number of sulfonamides is 1. The van der Waals surface area contributed by atoms with E-state index in [2.05, 4.69) is 5.32 Å². The van der Waals surface area contributed by atoms with E-state index in [-0.39, 0.29) is 28.2 Å². The van der Waals surface area contributed by atoms with E-state index < -0.39 is 27.4 Å². The van der Waals surface area contributed by atoms with Crippen LogP contribution >= 0.6 is 0 Å². The summed E-state index contributed by atoms with van der Waals surface area (Å²) < 4.78 is 33.6. The number of ether oxygens (including phenoxy) is 1. The number of nitro benzene ring substituents is 1. The zero-order valence-electron chi connectivity index (χ0n) is 21.2. The second-order valence-electron chi connectivity index (χ2n) is 9.08. The Kier molecular flexibility index (Phi) is 8.88. The molecule has 1 atom stereocenters. The van der Waals surface area contributed by atoms with Crippen molar-refractivity contribution in [2.24, 2.45) is 5.92 Å². The molecular weight excluding hydrogens is 494 g/mol. The van der Waals surface area contributed by atoms with Gasteiger partial charge in [0.05, 0.1) is 28.7 Å². The monoisotopic (exact) mass is 525 g/mol. The standard InChI is InChI=1S/C27H31N3O6S/c1-19(2)16-25(21-8-6-5-7-9-21)28-27(31)18-29(22-11-13-23(36-4)14-12-22)37(34,35)24-15-10-20(3)26(17-24)30(32)33/h5-15,17,19,25H,16,18H2,1-4H3,(H,28,31). The van der Waals surface area contributed by atoms with E-state index in [1.807, 2.05) is 44.2 Å². The number of rotatable bonds is 11. The van der Waals surface area contributed by atoms with Crippen molar-refractivity contribution in [1.82, 2.24) is 5.32 Å². The zero-order chi connectivity index (χ0) is 27.2. The summed E-state index contributed by atoms with van der Waals surface area (Å²) in [5.41, 5.74) is 1.15. The third kappa shape index (κ3) is 6.85. The Bertz CT molecular complexity index is 1340. The van der Waals surface area contributed by atoms with Crippen molar-refractivity contribution in [2.75, 3.05) is 18.0 Å². The highest BCUT2D eigenvalue weighted by Gasteiger charge is 2.30. The summed E-state index contributed by atoms with van der Waals surface area (Å²) in [7, 11) is -2.85. The Hall–Kier alpha value is -3.92. The quantitative estimate of drug-likeness (QED) is 0.278. The van der Waals surface area contributed by atoms with Crippen LogP contribution in [0.3, 0.4) is 0 Å². The Morgan fingerprint density at radius 1 is 1.05 bits per heavy atom. The first-order chi connectivity index (χ1) is 17.5. The largest absolute Gasteiger partial charge is 0.497 e. The van der Waals surface area contributed by atoms with E-state index in [0.717, 1.165) is 15.9 Å². The van der Waals surface area contributed by atoms with E-state index in [0.29, 0.717) is 17.7 Å². The maximum Gasteiger partial charge on any atom is 0.273 e. The number of nitrogens with one attached hydrogen (secondary N) is 1. The number of aryl methyl sites for hydroxylation is 1. The van der Waals surface area contributed by atoms with Crippen LogP contribution in [-0.4, -0.2) is 32.9 Å². The summed E-state index contributed by atoms with van der Waals surface area (Å²) in [5, 5.41) is 14.4. The zero-order valence-corrected chi connectivity index (χ0v) is 22.1. The maximum atomic E-state index is 13.7. The van der Waals surface area contributed by atoms with Crippen molar-refractivity contribution in [3.8, 4) is 5.75 Å². The normalized spacial score (nSPS) is 12.1. The Labute approximate surface area is 217 Å². The number of carbonyl (C=O) groups excluding carboxylic acids is 1. The SMILES string of the molecule is COc1ccc(N(CC(=O)NC(CC(C)C)c2ccccc2)S(=O)(=O)c2ccc(C)c([N+](=O)[O-])c2)cc1. The van der Waals surface area contributed by atoms with Crippen LogP contribution in [0.4, 0.5) is 11.4 Å². The number of carbonyl (C=O) groups is 1. The van der Waals surface area contributed by atoms with Crippen LogP contribution in [0.25, 0.3) is 0 Å². The molecule has 37 heavy (non-hydrogen) atoms. The summed E-state index contributed by atoms with van der Waals surface area (Å²) >= 11 is 0. The predicted octanol–water partition coefficient (Wildman–Crippen LogP) is 5.01. The Morgan fingerprint density at radius 2 is 1.70 bits per heavy atom. The minimum atomic E-state index is -4.34. The first-order valence-corrected chi connectivity index (χ1v) is 13.2. The van der Waals surface area contributed by atoms with Crippen LogP contribution < -0.4 is 14.4 Å². The number of hydrogen-bond acceptors (Lipinski definition) is 6. The first kappa shape index (κ1) is 27.7. The average Bonchev–Trinajstić information content (AvgIpc) is 2.87. The number of methoxy groups -OCH3 is 1. The van der Waals surface area contributed by atoms with Gasteiger partial charge in [-0.2, -0.15) is 0 Å². The van der Waals surface area contributed by atoms with Crippen molar-refractivity contribution < 1.29 is 22.9 Å². The van der Waals surface area contributed by atoms with Gasteiger partial charge in [-0.05, 0) is 55.2 Å². The lowest BCUT2D eigenvalue weighted by molar-refractivity contribution is -0.385. The molecule has 0 aliphatic heterocycles. The number of benzene rings is 3. The van der Waals surface area contributed by atoms with E-state index in [4.69, 9.17) is 4.74 Å². The van der Waals surface area contributed by atoms with Crippen LogP contribution in [0.5, 0.6) is 5.75 Å². The third-order valence-corrected chi connectivity index (χ3v) is 7.63.